The average molecular weight is 554 g/mol. The maximum atomic E-state index is 12.7. The Morgan fingerprint density at radius 3 is 2.37 bits per heavy atom. The van der Waals surface area contributed by atoms with Gasteiger partial charge in [-0.15, -0.1) is 11.3 Å². The van der Waals surface area contributed by atoms with Gasteiger partial charge in [-0.1, -0.05) is 35.9 Å². The van der Waals surface area contributed by atoms with Crippen LogP contribution in [0.2, 0.25) is 5.02 Å². The number of methoxy groups -OCH3 is 1. The Bertz CT molecular complexity index is 1270. The zero-order valence-corrected chi connectivity index (χ0v) is 23.2. The van der Waals surface area contributed by atoms with Gasteiger partial charge in [-0.3, -0.25) is 14.4 Å². The molecule has 9 heteroatoms. The van der Waals surface area contributed by atoms with Crippen LogP contribution in [0.1, 0.15) is 65.4 Å². The molecule has 2 amide bonds. The van der Waals surface area contributed by atoms with E-state index in [0.717, 1.165) is 41.9 Å². The van der Waals surface area contributed by atoms with E-state index in [4.69, 9.17) is 16.3 Å². The first-order valence-electron chi connectivity index (χ1n) is 12.8. The highest BCUT2D eigenvalue weighted by molar-refractivity contribution is 7.17. The smallest absolute Gasteiger partial charge is 0.305 e. The highest BCUT2D eigenvalue weighted by Crippen LogP contribution is 2.37. The van der Waals surface area contributed by atoms with E-state index in [1.165, 1.54) is 24.0 Å². The summed E-state index contributed by atoms with van der Waals surface area (Å²) in [7, 11) is 1.44. The van der Waals surface area contributed by atoms with E-state index >= 15 is 0 Å². The van der Waals surface area contributed by atoms with E-state index in [2.05, 4.69) is 27.8 Å². The van der Waals surface area contributed by atoms with E-state index in [1.54, 1.807) is 19.1 Å². The number of benzene rings is 2. The lowest BCUT2D eigenvalue weighted by Crippen LogP contribution is -2.27. The van der Waals surface area contributed by atoms with Gasteiger partial charge in [0.05, 0.1) is 12.8 Å². The van der Waals surface area contributed by atoms with Gasteiger partial charge in [-0.2, -0.15) is 0 Å². The number of hydrogen-bond donors (Lipinski definition) is 2. The number of halogens is 1. The minimum Gasteiger partial charge on any atom is -0.469 e. The fraction of sp³-hybridized carbons (Fsp3) is 0.379. The normalized spacial score (nSPS) is 17.0. The van der Waals surface area contributed by atoms with Gasteiger partial charge in [-0.25, -0.2) is 4.98 Å². The maximum Gasteiger partial charge on any atom is 0.305 e. The SMILES string of the molecule is COC(=O)C[C@H]1CC[C@H](c2ccc(NC(=O)CCNC(=O)c3sc(-c4ccc(Cl)cc4)nc3C)cc2)CC1. The molecular weight excluding hydrogens is 522 g/mol. The minimum absolute atomic E-state index is 0.130. The molecule has 1 fully saturated rings. The fourth-order valence-corrected chi connectivity index (χ4v) is 5.89. The second-order valence-corrected chi connectivity index (χ2v) is 11.0. The summed E-state index contributed by atoms with van der Waals surface area (Å²) < 4.78 is 4.79. The Morgan fingerprint density at radius 2 is 1.71 bits per heavy atom. The van der Waals surface area contributed by atoms with Crippen LogP contribution >= 0.6 is 22.9 Å². The number of carbonyl (C=O) groups excluding carboxylic acids is 3. The number of anilines is 1. The van der Waals surface area contributed by atoms with Crippen molar-refractivity contribution >= 4 is 46.4 Å². The molecule has 7 nitrogen and oxygen atoms in total. The first-order chi connectivity index (χ1) is 18.3. The summed E-state index contributed by atoms with van der Waals surface area (Å²) in [5.41, 5.74) is 3.54. The monoisotopic (exact) mass is 553 g/mol. The zero-order chi connectivity index (χ0) is 27.1. The molecule has 0 saturated heterocycles. The maximum absolute atomic E-state index is 12.7. The minimum atomic E-state index is -0.237. The average Bonchev–Trinajstić information content (AvgIpc) is 3.31. The molecule has 1 heterocycles. The third kappa shape index (κ3) is 7.42. The Hall–Kier alpha value is -3.23. The lowest BCUT2D eigenvalue weighted by Gasteiger charge is -2.28. The summed E-state index contributed by atoms with van der Waals surface area (Å²) in [4.78, 5) is 41.6. The van der Waals surface area contributed by atoms with Gasteiger partial charge in [-0.05, 0) is 74.3 Å². The molecule has 1 saturated carbocycles. The number of aryl methyl sites for hydroxylation is 1. The predicted molar refractivity (Wildman–Crippen MR) is 151 cm³/mol. The number of hydrogen-bond acceptors (Lipinski definition) is 6. The summed E-state index contributed by atoms with van der Waals surface area (Å²) in [5.74, 6) is 0.348. The summed E-state index contributed by atoms with van der Waals surface area (Å²) in [6.45, 7) is 2.03. The second kappa shape index (κ2) is 13.0. The summed E-state index contributed by atoms with van der Waals surface area (Å²) in [5, 5.41) is 7.12. The van der Waals surface area contributed by atoms with Crippen molar-refractivity contribution in [3.63, 3.8) is 0 Å². The first-order valence-corrected chi connectivity index (χ1v) is 14.0. The predicted octanol–water partition coefficient (Wildman–Crippen LogP) is 6.37. The number of rotatable bonds is 9. The lowest BCUT2D eigenvalue weighted by molar-refractivity contribution is -0.142. The topological polar surface area (TPSA) is 97.4 Å². The number of thiazole rings is 1. The number of nitrogens with zero attached hydrogens (tertiary/aromatic N) is 1. The third-order valence-electron chi connectivity index (χ3n) is 6.93. The van der Waals surface area contributed by atoms with Gasteiger partial charge in [0.25, 0.3) is 5.91 Å². The van der Waals surface area contributed by atoms with E-state index in [9.17, 15) is 14.4 Å². The summed E-state index contributed by atoms with van der Waals surface area (Å²) in [6, 6.07) is 15.3. The first kappa shape index (κ1) is 27.8. The van der Waals surface area contributed by atoms with Crippen molar-refractivity contribution in [2.45, 2.75) is 51.4 Å². The quantitative estimate of drug-likeness (QED) is 0.300. The lowest BCUT2D eigenvalue weighted by atomic mass is 9.77. The molecule has 3 aromatic rings. The van der Waals surface area contributed by atoms with Crippen molar-refractivity contribution in [1.29, 1.82) is 0 Å². The van der Waals surface area contributed by atoms with Crippen LogP contribution in [0.4, 0.5) is 5.69 Å². The molecule has 1 aliphatic rings. The van der Waals surface area contributed by atoms with Crippen LogP contribution in [0, 0.1) is 12.8 Å². The van der Waals surface area contributed by atoms with Crippen molar-refractivity contribution in [2.75, 3.05) is 19.0 Å². The number of aromatic nitrogens is 1. The van der Waals surface area contributed by atoms with Crippen LogP contribution in [0.25, 0.3) is 10.6 Å². The molecule has 1 aliphatic carbocycles. The van der Waals surface area contributed by atoms with Gasteiger partial charge in [0.1, 0.15) is 9.88 Å². The zero-order valence-electron chi connectivity index (χ0n) is 21.6. The highest BCUT2D eigenvalue weighted by Gasteiger charge is 2.24. The van der Waals surface area contributed by atoms with Crippen molar-refractivity contribution in [3.05, 3.63) is 69.7 Å². The summed E-state index contributed by atoms with van der Waals surface area (Å²) >= 11 is 7.27. The molecule has 38 heavy (non-hydrogen) atoms. The van der Waals surface area contributed by atoms with Crippen molar-refractivity contribution in [1.82, 2.24) is 10.3 Å². The summed E-state index contributed by atoms with van der Waals surface area (Å²) in [6.07, 6.45) is 4.81. The van der Waals surface area contributed by atoms with E-state index < -0.39 is 0 Å². The number of amides is 2. The van der Waals surface area contributed by atoms with Gasteiger partial charge in [0.15, 0.2) is 0 Å². The molecule has 0 aliphatic heterocycles. The standard InChI is InChI=1S/C29H32ClN3O4S/c1-18-27(38-29(32-18)22-7-11-23(30)12-8-22)28(36)31-16-15-25(34)33-24-13-9-21(10-14-24)20-5-3-19(4-6-20)17-26(35)37-2/h7-14,19-20H,3-6,15-17H2,1-2H3,(H,31,36)(H,33,34)/t19-,20-. The van der Waals surface area contributed by atoms with Crippen LogP contribution in [-0.4, -0.2) is 36.4 Å². The van der Waals surface area contributed by atoms with Crippen LogP contribution in [0.3, 0.4) is 0 Å². The van der Waals surface area contributed by atoms with E-state index in [1.807, 2.05) is 24.3 Å². The van der Waals surface area contributed by atoms with Crippen LogP contribution in [0.15, 0.2) is 48.5 Å². The molecule has 0 unspecified atom stereocenters. The van der Waals surface area contributed by atoms with Crippen molar-refractivity contribution < 1.29 is 19.1 Å². The Labute approximate surface area is 232 Å². The second-order valence-electron chi connectivity index (χ2n) is 9.61. The number of carbonyl (C=O) groups is 3. The van der Waals surface area contributed by atoms with Crippen molar-refractivity contribution in [2.24, 2.45) is 5.92 Å². The van der Waals surface area contributed by atoms with Gasteiger partial charge < -0.3 is 15.4 Å². The van der Waals surface area contributed by atoms with Crippen LogP contribution in [-0.2, 0) is 14.3 Å². The molecule has 0 atom stereocenters. The number of ether oxygens (including phenoxy) is 1. The molecular formula is C29H32ClN3O4S. The largest absolute Gasteiger partial charge is 0.469 e. The molecule has 0 spiro atoms. The Kier molecular flexibility index (Phi) is 9.53. The third-order valence-corrected chi connectivity index (χ3v) is 8.38. The van der Waals surface area contributed by atoms with Crippen LogP contribution < -0.4 is 10.6 Å². The fourth-order valence-electron chi connectivity index (χ4n) is 4.77. The van der Waals surface area contributed by atoms with E-state index in [-0.39, 0.29) is 30.7 Å². The molecule has 1 aromatic heterocycles. The van der Waals surface area contributed by atoms with Crippen LogP contribution in [0.5, 0.6) is 0 Å². The van der Waals surface area contributed by atoms with Gasteiger partial charge in [0.2, 0.25) is 5.91 Å². The Balaban J connectivity index is 1.21. The van der Waals surface area contributed by atoms with E-state index in [0.29, 0.717) is 33.9 Å². The molecule has 4 rings (SSSR count). The van der Waals surface area contributed by atoms with Crippen molar-refractivity contribution in [3.8, 4) is 10.6 Å². The Morgan fingerprint density at radius 1 is 1.03 bits per heavy atom. The number of nitrogens with one attached hydrogen (secondary N) is 2. The molecule has 200 valence electrons. The van der Waals surface area contributed by atoms with Gasteiger partial charge >= 0.3 is 5.97 Å². The molecule has 2 aromatic carbocycles. The molecule has 0 bridgehead atoms. The molecule has 0 radical (unpaired) electrons. The highest BCUT2D eigenvalue weighted by atomic mass is 35.5. The molecule has 2 N–H and O–H groups in total. The number of esters is 1. The van der Waals surface area contributed by atoms with Gasteiger partial charge in [0, 0.05) is 35.7 Å².